The molecule has 8 aromatic rings. The van der Waals surface area contributed by atoms with Crippen LogP contribution in [-0.4, -0.2) is 9.97 Å². The number of rotatable bonds is 4. The van der Waals surface area contributed by atoms with Crippen LogP contribution in [0, 0.1) is 17.9 Å². The highest BCUT2D eigenvalue weighted by atomic mass is 14.7. The summed E-state index contributed by atoms with van der Waals surface area (Å²) in [5.41, 5.74) is 9.61. The zero-order valence-electron chi connectivity index (χ0n) is 24.6. The molecular formula is C42H24N4. The average Bonchev–Trinajstić information content (AvgIpc) is 3.14. The second-order valence-electron chi connectivity index (χ2n) is 11.3. The molecule has 0 radical (unpaired) electrons. The minimum atomic E-state index is 0.539. The van der Waals surface area contributed by atoms with Gasteiger partial charge in [-0.05, 0) is 95.5 Å². The Balaban J connectivity index is 1.19. The highest BCUT2D eigenvalue weighted by Crippen LogP contribution is 2.39. The predicted molar refractivity (Wildman–Crippen MR) is 187 cm³/mol. The van der Waals surface area contributed by atoms with Crippen LogP contribution in [0.2, 0.25) is 0 Å². The summed E-state index contributed by atoms with van der Waals surface area (Å²) in [6.07, 6.45) is 6.76. The van der Waals surface area contributed by atoms with E-state index in [1.54, 1.807) is 24.8 Å². The van der Waals surface area contributed by atoms with Crippen LogP contribution in [0.15, 0.2) is 146 Å². The Labute approximate surface area is 266 Å². The second-order valence-corrected chi connectivity index (χ2v) is 11.3. The third-order valence-electron chi connectivity index (χ3n) is 8.66. The Hall–Kier alpha value is -6.62. The lowest BCUT2D eigenvalue weighted by Gasteiger charge is -2.14. The molecule has 0 atom stereocenters. The summed E-state index contributed by atoms with van der Waals surface area (Å²) >= 11 is 0. The van der Waals surface area contributed by atoms with Gasteiger partial charge in [0.15, 0.2) is 0 Å². The minimum Gasteiger partial charge on any atom is -0.276 e. The monoisotopic (exact) mass is 584 g/mol. The lowest BCUT2D eigenvalue weighted by Crippen LogP contribution is -1.87. The first-order valence-corrected chi connectivity index (χ1v) is 15.0. The molecule has 0 amide bonds. The summed E-state index contributed by atoms with van der Waals surface area (Å²) in [6.45, 7) is 7.29. The van der Waals surface area contributed by atoms with Crippen LogP contribution in [0.1, 0.15) is 5.56 Å². The molecule has 2 aromatic heterocycles. The minimum absolute atomic E-state index is 0.539. The number of hydrogen-bond donors (Lipinski definition) is 0. The highest BCUT2D eigenvalue weighted by molar-refractivity contribution is 6.26. The Morgan fingerprint density at radius 2 is 0.870 bits per heavy atom. The summed E-state index contributed by atoms with van der Waals surface area (Å²) in [5, 5.41) is 16.6. The van der Waals surface area contributed by atoms with Crippen LogP contribution in [0.25, 0.3) is 81.7 Å². The molecule has 6 aromatic carbocycles. The van der Waals surface area contributed by atoms with Crippen molar-refractivity contribution in [1.29, 1.82) is 5.26 Å². The topological polar surface area (TPSA) is 53.9 Å². The van der Waals surface area contributed by atoms with E-state index in [2.05, 4.69) is 130 Å². The van der Waals surface area contributed by atoms with Gasteiger partial charge in [0.1, 0.15) is 6.07 Å². The van der Waals surface area contributed by atoms with Gasteiger partial charge in [-0.2, -0.15) is 5.26 Å². The fourth-order valence-corrected chi connectivity index (χ4v) is 6.33. The molecule has 4 heteroatoms. The van der Waals surface area contributed by atoms with Gasteiger partial charge in [0.25, 0.3) is 0 Å². The van der Waals surface area contributed by atoms with Gasteiger partial charge in [-0.1, -0.05) is 97.1 Å². The Morgan fingerprint density at radius 3 is 1.37 bits per heavy atom. The second kappa shape index (κ2) is 11.1. The summed E-state index contributed by atoms with van der Waals surface area (Å²) in [7, 11) is 0. The molecule has 4 nitrogen and oxygen atoms in total. The van der Waals surface area contributed by atoms with Crippen LogP contribution < -0.4 is 0 Å². The number of fused-ring (bicyclic) bond motifs is 6. The molecule has 0 saturated heterocycles. The molecule has 8 rings (SSSR count). The molecule has 0 aliphatic carbocycles. The Morgan fingerprint density at radius 1 is 0.435 bits per heavy atom. The van der Waals surface area contributed by atoms with Gasteiger partial charge in [-0.25, -0.2) is 4.85 Å². The zero-order valence-corrected chi connectivity index (χ0v) is 24.6. The molecule has 0 aliphatic rings. The van der Waals surface area contributed by atoms with E-state index in [1.165, 1.54) is 32.3 Å². The quantitative estimate of drug-likeness (QED) is 0.153. The van der Waals surface area contributed by atoms with Crippen LogP contribution >= 0.6 is 0 Å². The fourth-order valence-electron chi connectivity index (χ4n) is 6.33. The van der Waals surface area contributed by atoms with Gasteiger partial charge in [-0.15, -0.1) is 0 Å². The number of pyridine rings is 2. The van der Waals surface area contributed by atoms with Crippen molar-refractivity contribution in [2.75, 3.05) is 0 Å². The average molecular weight is 585 g/mol. The lowest BCUT2D eigenvalue weighted by molar-refractivity contribution is 1.30. The maximum Gasteiger partial charge on any atom is 0.205 e. The highest BCUT2D eigenvalue weighted by Gasteiger charge is 2.12. The fraction of sp³-hybridized carbons (Fsp3) is 0. The van der Waals surface area contributed by atoms with Crippen molar-refractivity contribution >= 4 is 38.0 Å². The van der Waals surface area contributed by atoms with Crippen molar-refractivity contribution in [2.24, 2.45) is 0 Å². The van der Waals surface area contributed by atoms with Gasteiger partial charge < -0.3 is 0 Å². The molecular weight excluding hydrogens is 560 g/mol. The van der Waals surface area contributed by atoms with Crippen molar-refractivity contribution < 1.29 is 0 Å². The van der Waals surface area contributed by atoms with E-state index in [-0.39, 0.29) is 0 Å². The van der Waals surface area contributed by atoms with Crippen LogP contribution in [-0.2, 0) is 0 Å². The van der Waals surface area contributed by atoms with Crippen molar-refractivity contribution in [3.8, 4) is 50.6 Å². The van der Waals surface area contributed by atoms with E-state index in [1.807, 2.05) is 12.1 Å². The third kappa shape index (κ3) is 4.72. The van der Waals surface area contributed by atoms with Crippen LogP contribution in [0.4, 0.5) is 5.69 Å². The maximum absolute atomic E-state index is 9.26. The van der Waals surface area contributed by atoms with Crippen LogP contribution in [0.5, 0.6) is 0 Å². The normalized spacial score (nSPS) is 11.0. The number of nitrogens with zero attached hydrogens (tertiary/aromatic N) is 4. The van der Waals surface area contributed by atoms with E-state index >= 15 is 0 Å². The summed E-state index contributed by atoms with van der Waals surface area (Å²) in [6, 6.07) is 45.0. The maximum atomic E-state index is 9.26. The predicted octanol–water partition coefficient (Wildman–Crippen LogP) is 11.0. The summed E-state index contributed by atoms with van der Waals surface area (Å²) < 4.78 is 0. The van der Waals surface area contributed by atoms with Gasteiger partial charge >= 0.3 is 0 Å². The first-order valence-electron chi connectivity index (χ1n) is 15.0. The number of benzene rings is 6. The van der Waals surface area contributed by atoms with Gasteiger partial charge in [0, 0.05) is 30.4 Å². The molecule has 0 saturated carbocycles. The first-order chi connectivity index (χ1) is 22.7. The Bertz CT molecular complexity index is 2330. The molecule has 0 spiro atoms. The van der Waals surface area contributed by atoms with Crippen LogP contribution in [0.3, 0.4) is 0 Å². The van der Waals surface area contributed by atoms with E-state index in [4.69, 9.17) is 6.57 Å². The van der Waals surface area contributed by atoms with Crippen molar-refractivity contribution in [2.45, 2.75) is 0 Å². The van der Waals surface area contributed by atoms with E-state index in [0.717, 1.165) is 44.5 Å². The van der Waals surface area contributed by atoms with Crippen molar-refractivity contribution in [1.82, 2.24) is 9.97 Å². The van der Waals surface area contributed by atoms with Crippen molar-refractivity contribution in [3.63, 3.8) is 0 Å². The molecule has 212 valence electrons. The van der Waals surface area contributed by atoms with Gasteiger partial charge in [-0.3, -0.25) is 9.97 Å². The molecule has 2 heterocycles. The van der Waals surface area contributed by atoms with Crippen molar-refractivity contribution in [3.05, 3.63) is 163 Å². The SMILES string of the molecule is [C-]#[N+]c1cncc(-c2ccc(-c3ccc4c5ccc(-c6ccc(-c7cncc(C#N)c7)cc6)cc5c5ccccc5c4c3)cc2)c1. The summed E-state index contributed by atoms with van der Waals surface area (Å²) in [4.78, 5) is 11.9. The molecule has 0 N–H and O–H groups in total. The molecule has 0 aliphatic heterocycles. The van der Waals surface area contributed by atoms with Gasteiger partial charge in [0.05, 0.1) is 12.1 Å². The standard InChI is InChI=1S/C42H24N4/c1-44-36-19-35(25-46-26-36)31-12-8-29(9-13-31)33-15-17-40-39-16-14-32(20-41(39)37-4-2-3-5-38(37)42(40)21-33)28-6-10-30(11-7-28)34-18-27(22-43)23-45-24-34/h2-21,23-26H. The molecule has 0 fully saturated rings. The zero-order chi connectivity index (χ0) is 31.0. The Kier molecular flexibility index (Phi) is 6.53. The molecule has 0 bridgehead atoms. The summed E-state index contributed by atoms with van der Waals surface area (Å²) in [5.74, 6) is 0. The smallest absolute Gasteiger partial charge is 0.205 e. The first kappa shape index (κ1) is 27.0. The largest absolute Gasteiger partial charge is 0.276 e. The number of nitriles is 1. The van der Waals surface area contributed by atoms with E-state index in [9.17, 15) is 5.26 Å². The third-order valence-corrected chi connectivity index (χ3v) is 8.66. The lowest BCUT2D eigenvalue weighted by atomic mass is 9.90. The number of hydrogen-bond acceptors (Lipinski definition) is 3. The number of aromatic nitrogens is 2. The van der Waals surface area contributed by atoms with E-state index in [0.29, 0.717) is 11.3 Å². The van der Waals surface area contributed by atoms with Gasteiger partial charge in [0.2, 0.25) is 5.69 Å². The molecule has 46 heavy (non-hydrogen) atoms. The van der Waals surface area contributed by atoms with E-state index < -0.39 is 0 Å². The molecule has 0 unspecified atom stereocenters.